The van der Waals surface area contributed by atoms with Crippen molar-refractivity contribution < 1.29 is 4.79 Å². The van der Waals surface area contributed by atoms with Crippen molar-refractivity contribution in [1.82, 2.24) is 16.3 Å². The van der Waals surface area contributed by atoms with Gasteiger partial charge in [0.05, 0.1) is 11.8 Å². The number of nitrogens with zero attached hydrogens (tertiary/aromatic N) is 1. The SMILES string of the molecule is C/C(=N\NC(=O)C1NNC2c3ccccc3CCC12)c1ccc(C)cc1. The van der Waals surface area contributed by atoms with Gasteiger partial charge >= 0.3 is 0 Å². The molecule has 1 saturated heterocycles. The second-order valence-electron chi connectivity index (χ2n) is 7.18. The zero-order valence-corrected chi connectivity index (χ0v) is 15.1. The molecule has 0 spiro atoms. The first-order valence-electron chi connectivity index (χ1n) is 9.13. The number of nitrogens with one attached hydrogen (secondary N) is 3. The molecule has 0 radical (unpaired) electrons. The van der Waals surface area contributed by atoms with Gasteiger partial charge in [-0.05, 0) is 43.4 Å². The third-order valence-electron chi connectivity index (χ3n) is 5.47. The van der Waals surface area contributed by atoms with Crippen molar-refractivity contribution in [2.45, 2.75) is 38.8 Å². The zero-order valence-electron chi connectivity index (χ0n) is 15.1. The van der Waals surface area contributed by atoms with E-state index in [1.54, 1.807) is 0 Å². The van der Waals surface area contributed by atoms with Crippen molar-refractivity contribution in [3.8, 4) is 0 Å². The maximum atomic E-state index is 12.7. The molecule has 4 rings (SSSR count). The number of rotatable bonds is 3. The molecule has 1 aliphatic heterocycles. The van der Waals surface area contributed by atoms with Crippen LogP contribution in [0.4, 0.5) is 0 Å². The number of amides is 1. The van der Waals surface area contributed by atoms with Crippen LogP contribution in [0.3, 0.4) is 0 Å². The Labute approximate surface area is 153 Å². The molecular weight excluding hydrogens is 324 g/mol. The number of aryl methyl sites for hydroxylation is 2. The third kappa shape index (κ3) is 3.16. The van der Waals surface area contributed by atoms with Gasteiger partial charge in [0.15, 0.2) is 0 Å². The molecule has 3 atom stereocenters. The quantitative estimate of drug-likeness (QED) is 0.590. The summed E-state index contributed by atoms with van der Waals surface area (Å²) in [7, 11) is 0. The fourth-order valence-electron chi connectivity index (χ4n) is 3.94. The number of fused-ring (bicyclic) bond motifs is 3. The minimum absolute atomic E-state index is 0.0872. The molecule has 5 heteroatoms. The topological polar surface area (TPSA) is 65.5 Å². The van der Waals surface area contributed by atoms with E-state index >= 15 is 0 Å². The second-order valence-corrected chi connectivity index (χ2v) is 7.18. The first-order chi connectivity index (χ1) is 12.6. The van der Waals surface area contributed by atoms with Crippen LogP contribution in [0.25, 0.3) is 0 Å². The predicted molar refractivity (Wildman–Crippen MR) is 103 cm³/mol. The summed E-state index contributed by atoms with van der Waals surface area (Å²) < 4.78 is 0. The summed E-state index contributed by atoms with van der Waals surface area (Å²) in [6.07, 6.45) is 2.00. The van der Waals surface area contributed by atoms with Gasteiger partial charge in [-0.25, -0.2) is 16.3 Å². The van der Waals surface area contributed by atoms with Crippen molar-refractivity contribution in [3.05, 3.63) is 70.8 Å². The van der Waals surface area contributed by atoms with Gasteiger partial charge in [0.2, 0.25) is 0 Å². The first-order valence-corrected chi connectivity index (χ1v) is 9.13. The lowest BCUT2D eigenvalue weighted by Gasteiger charge is -2.29. The number of hydrogen-bond donors (Lipinski definition) is 3. The zero-order chi connectivity index (χ0) is 18.1. The average Bonchev–Trinajstić information content (AvgIpc) is 3.11. The summed E-state index contributed by atoms with van der Waals surface area (Å²) in [5.74, 6) is 0.149. The molecule has 3 N–H and O–H groups in total. The monoisotopic (exact) mass is 348 g/mol. The van der Waals surface area contributed by atoms with E-state index in [0.717, 1.165) is 24.1 Å². The normalized spacial score (nSPS) is 24.7. The number of hydrazone groups is 1. The summed E-state index contributed by atoms with van der Waals surface area (Å²) in [6.45, 7) is 3.96. The number of hydrogen-bond acceptors (Lipinski definition) is 4. The van der Waals surface area contributed by atoms with Gasteiger partial charge in [-0.1, -0.05) is 54.1 Å². The molecule has 2 aromatic carbocycles. The van der Waals surface area contributed by atoms with E-state index in [9.17, 15) is 4.79 Å². The lowest BCUT2D eigenvalue weighted by atomic mass is 9.77. The van der Waals surface area contributed by atoms with Crippen molar-refractivity contribution in [2.24, 2.45) is 11.0 Å². The van der Waals surface area contributed by atoms with Crippen LogP contribution in [0.15, 0.2) is 53.6 Å². The predicted octanol–water partition coefficient (Wildman–Crippen LogP) is 2.62. The molecule has 1 heterocycles. The highest BCUT2D eigenvalue weighted by Crippen LogP contribution is 2.38. The van der Waals surface area contributed by atoms with Crippen LogP contribution in [-0.2, 0) is 11.2 Å². The maximum Gasteiger partial charge on any atom is 0.258 e. The Balaban J connectivity index is 1.45. The van der Waals surface area contributed by atoms with Crippen molar-refractivity contribution >= 4 is 11.6 Å². The number of hydrazine groups is 1. The molecule has 0 aromatic heterocycles. The molecule has 5 nitrogen and oxygen atoms in total. The summed E-state index contributed by atoms with van der Waals surface area (Å²) in [6, 6.07) is 16.5. The van der Waals surface area contributed by atoms with Gasteiger partial charge in [0.1, 0.15) is 6.04 Å². The maximum absolute atomic E-state index is 12.7. The van der Waals surface area contributed by atoms with Gasteiger partial charge < -0.3 is 0 Å². The van der Waals surface area contributed by atoms with Crippen LogP contribution < -0.4 is 16.3 Å². The van der Waals surface area contributed by atoms with Crippen LogP contribution in [-0.4, -0.2) is 17.7 Å². The van der Waals surface area contributed by atoms with Crippen LogP contribution in [0.2, 0.25) is 0 Å². The number of benzene rings is 2. The third-order valence-corrected chi connectivity index (χ3v) is 5.47. The first kappa shape index (κ1) is 16.9. The molecule has 1 aliphatic carbocycles. The molecular formula is C21H24N4O. The lowest BCUT2D eigenvalue weighted by molar-refractivity contribution is -0.123. The van der Waals surface area contributed by atoms with Crippen LogP contribution >= 0.6 is 0 Å². The summed E-state index contributed by atoms with van der Waals surface area (Å²) in [4.78, 5) is 12.7. The molecule has 134 valence electrons. The Hall–Kier alpha value is -2.50. The Morgan fingerprint density at radius 2 is 1.88 bits per heavy atom. The molecule has 2 aliphatic rings. The van der Waals surface area contributed by atoms with E-state index in [4.69, 9.17) is 0 Å². The van der Waals surface area contributed by atoms with Gasteiger partial charge in [-0.3, -0.25) is 4.79 Å². The lowest BCUT2D eigenvalue weighted by Crippen LogP contribution is -2.44. The smallest absolute Gasteiger partial charge is 0.258 e. The Bertz CT molecular complexity index is 843. The average molecular weight is 348 g/mol. The molecule has 26 heavy (non-hydrogen) atoms. The minimum atomic E-state index is -0.275. The van der Waals surface area contributed by atoms with E-state index in [1.807, 2.05) is 31.2 Å². The molecule has 2 aromatic rings. The molecule has 1 fully saturated rings. The Kier molecular flexibility index (Phi) is 4.57. The van der Waals surface area contributed by atoms with Gasteiger partial charge in [-0.15, -0.1) is 0 Å². The standard InChI is InChI=1S/C21H24N4O/c1-13-7-9-15(10-8-13)14(2)22-25-21(26)20-18-12-11-16-5-3-4-6-17(16)19(18)23-24-20/h3-10,18-20,23-24H,11-12H2,1-2H3,(H,25,26)/b22-14+. The Morgan fingerprint density at radius 1 is 1.12 bits per heavy atom. The molecule has 0 bridgehead atoms. The molecule has 0 saturated carbocycles. The highest BCUT2D eigenvalue weighted by atomic mass is 16.2. The summed E-state index contributed by atoms with van der Waals surface area (Å²) in [5.41, 5.74) is 14.9. The van der Waals surface area contributed by atoms with Crippen LogP contribution in [0, 0.1) is 12.8 Å². The fraction of sp³-hybridized carbons (Fsp3) is 0.333. The van der Waals surface area contributed by atoms with Gasteiger partial charge in [-0.2, -0.15) is 5.10 Å². The van der Waals surface area contributed by atoms with E-state index in [-0.39, 0.29) is 23.9 Å². The highest BCUT2D eigenvalue weighted by Gasteiger charge is 2.43. The van der Waals surface area contributed by atoms with E-state index in [1.165, 1.54) is 16.7 Å². The van der Waals surface area contributed by atoms with E-state index in [0.29, 0.717) is 0 Å². The van der Waals surface area contributed by atoms with Crippen LogP contribution in [0.5, 0.6) is 0 Å². The minimum Gasteiger partial charge on any atom is -0.271 e. The molecule has 1 amide bonds. The van der Waals surface area contributed by atoms with E-state index < -0.39 is 0 Å². The van der Waals surface area contributed by atoms with Gasteiger partial charge in [0.25, 0.3) is 5.91 Å². The molecule has 3 unspecified atom stereocenters. The van der Waals surface area contributed by atoms with Crippen molar-refractivity contribution in [2.75, 3.05) is 0 Å². The Morgan fingerprint density at radius 3 is 2.69 bits per heavy atom. The van der Waals surface area contributed by atoms with Crippen molar-refractivity contribution in [3.63, 3.8) is 0 Å². The van der Waals surface area contributed by atoms with Crippen molar-refractivity contribution in [1.29, 1.82) is 0 Å². The number of carbonyl (C=O) groups is 1. The van der Waals surface area contributed by atoms with Crippen LogP contribution in [0.1, 0.15) is 41.6 Å². The largest absolute Gasteiger partial charge is 0.271 e. The fourth-order valence-corrected chi connectivity index (χ4v) is 3.94. The van der Waals surface area contributed by atoms with E-state index in [2.05, 4.69) is 52.6 Å². The highest BCUT2D eigenvalue weighted by molar-refractivity contribution is 5.99. The summed E-state index contributed by atoms with van der Waals surface area (Å²) >= 11 is 0. The summed E-state index contributed by atoms with van der Waals surface area (Å²) in [5, 5.41) is 4.30. The van der Waals surface area contributed by atoms with Gasteiger partial charge in [0, 0.05) is 5.92 Å². The number of carbonyl (C=O) groups excluding carboxylic acids is 1. The second kappa shape index (κ2) is 7.02.